The number of benzene rings is 1. The van der Waals surface area contributed by atoms with Crippen LogP contribution in [-0.4, -0.2) is 16.8 Å². The molecule has 90 valence electrons. The van der Waals surface area contributed by atoms with E-state index in [1.807, 2.05) is 25.1 Å². The molecule has 17 heavy (non-hydrogen) atoms. The van der Waals surface area contributed by atoms with Crippen molar-refractivity contribution in [2.24, 2.45) is 0 Å². The first-order valence-electron chi connectivity index (χ1n) is 5.75. The number of aryl methyl sites for hydroxylation is 1. The maximum Gasteiger partial charge on any atom is 0.142 e. The van der Waals surface area contributed by atoms with E-state index >= 15 is 0 Å². The number of rotatable bonds is 5. The first-order valence-corrected chi connectivity index (χ1v) is 5.75. The standard InChI is InChI=1S/C13H17N3O/c1-3-17-13-8-10(2)4-5-12(13)14-9-11-6-7-15-16-11/h4-8,14H,3,9H2,1-2H3,(H,15,16). The zero-order valence-electron chi connectivity index (χ0n) is 10.2. The fraction of sp³-hybridized carbons (Fsp3) is 0.308. The van der Waals surface area contributed by atoms with Crippen molar-refractivity contribution < 1.29 is 4.74 Å². The zero-order valence-corrected chi connectivity index (χ0v) is 10.2. The maximum atomic E-state index is 5.60. The Morgan fingerprint density at radius 1 is 1.35 bits per heavy atom. The van der Waals surface area contributed by atoms with E-state index in [4.69, 9.17) is 4.74 Å². The lowest BCUT2D eigenvalue weighted by molar-refractivity contribution is 0.341. The summed E-state index contributed by atoms with van der Waals surface area (Å²) in [5, 5.41) is 10.2. The monoisotopic (exact) mass is 231 g/mol. The number of hydrogen-bond acceptors (Lipinski definition) is 3. The second-order valence-corrected chi connectivity index (χ2v) is 3.87. The summed E-state index contributed by atoms with van der Waals surface area (Å²) in [7, 11) is 0. The number of nitrogens with zero attached hydrogens (tertiary/aromatic N) is 1. The molecule has 0 fully saturated rings. The SMILES string of the molecule is CCOc1cc(C)ccc1NCc1ccn[nH]1. The Labute approximate surface area is 101 Å². The third kappa shape index (κ3) is 3.00. The summed E-state index contributed by atoms with van der Waals surface area (Å²) in [5.74, 6) is 0.895. The zero-order chi connectivity index (χ0) is 12.1. The van der Waals surface area contributed by atoms with Crippen molar-refractivity contribution in [3.8, 4) is 5.75 Å². The Morgan fingerprint density at radius 2 is 2.24 bits per heavy atom. The molecule has 0 atom stereocenters. The van der Waals surface area contributed by atoms with Gasteiger partial charge in [0.25, 0.3) is 0 Å². The molecule has 0 saturated heterocycles. The van der Waals surface area contributed by atoms with Gasteiger partial charge in [-0.25, -0.2) is 0 Å². The maximum absolute atomic E-state index is 5.60. The predicted octanol–water partition coefficient (Wildman–Crippen LogP) is 2.73. The lowest BCUT2D eigenvalue weighted by atomic mass is 10.2. The van der Waals surface area contributed by atoms with E-state index in [1.165, 1.54) is 5.56 Å². The van der Waals surface area contributed by atoms with Crippen molar-refractivity contribution in [3.05, 3.63) is 41.7 Å². The minimum absolute atomic E-state index is 0.669. The van der Waals surface area contributed by atoms with Crippen LogP contribution in [0, 0.1) is 6.92 Å². The predicted molar refractivity (Wildman–Crippen MR) is 68.3 cm³/mol. The number of nitrogens with one attached hydrogen (secondary N) is 2. The van der Waals surface area contributed by atoms with Crippen LogP contribution in [0.4, 0.5) is 5.69 Å². The molecule has 0 saturated carbocycles. The Balaban J connectivity index is 2.08. The molecule has 4 nitrogen and oxygen atoms in total. The van der Waals surface area contributed by atoms with Crippen molar-refractivity contribution in [3.63, 3.8) is 0 Å². The molecule has 1 aromatic heterocycles. The summed E-state index contributed by atoms with van der Waals surface area (Å²) in [6.45, 7) is 5.42. The lowest BCUT2D eigenvalue weighted by Crippen LogP contribution is -2.03. The van der Waals surface area contributed by atoms with Crippen LogP contribution in [0.15, 0.2) is 30.5 Å². The first kappa shape index (κ1) is 11.5. The molecule has 2 aromatic rings. The van der Waals surface area contributed by atoms with Gasteiger partial charge in [-0.2, -0.15) is 5.10 Å². The highest BCUT2D eigenvalue weighted by Crippen LogP contribution is 2.26. The summed E-state index contributed by atoms with van der Waals surface area (Å²) in [6.07, 6.45) is 1.75. The van der Waals surface area contributed by atoms with Crippen LogP contribution in [0.2, 0.25) is 0 Å². The van der Waals surface area contributed by atoms with E-state index < -0.39 is 0 Å². The van der Waals surface area contributed by atoms with Gasteiger partial charge in [-0.05, 0) is 37.6 Å². The Hall–Kier alpha value is -1.97. The van der Waals surface area contributed by atoms with Gasteiger partial charge in [0.05, 0.1) is 24.5 Å². The van der Waals surface area contributed by atoms with Crippen LogP contribution >= 0.6 is 0 Å². The number of ether oxygens (including phenoxy) is 1. The third-order valence-corrected chi connectivity index (χ3v) is 2.46. The molecule has 0 aliphatic carbocycles. The molecule has 0 bridgehead atoms. The van der Waals surface area contributed by atoms with Crippen LogP contribution in [-0.2, 0) is 6.54 Å². The van der Waals surface area contributed by atoms with Crippen LogP contribution in [0.1, 0.15) is 18.2 Å². The molecule has 0 aliphatic heterocycles. The van der Waals surface area contributed by atoms with Crippen LogP contribution in [0.3, 0.4) is 0 Å². The Bertz CT molecular complexity index is 466. The lowest BCUT2D eigenvalue weighted by Gasteiger charge is -2.12. The fourth-order valence-electron chi connectivity index (χ4n) is 1.62. The van der Waals surface area contributed by atoms with E-state index in [1.54, 1.807) is 6.20 Å². The van der Waals surface area contributed by atoms with Crippen molar-refractivity contribution in [2.45, 2.75) is 20.4 Å². The van der Waals surface area contributed by atoms with Crippen molar-refractivity contribution in [2.75, 3.05) is 11.9 Å². The van der Waals surface area contributed by atoms with Gasteiger partial charge in [0.1, 0.15) is 5.75 Å². The molecule has 0 aliphatic rings. The molecule has 2 N–H and O–H groups in total. The van der Waals surface area contributed by atoms with Crippen LogP contribution < -0.4 is 10.1 Å². The largest absolute Gasteiger partial charge is 0.492 e. The number of hydrogen-bond donors (Lipinski definition) is 2. The van der Waals surface area contributed by atoms with Crippen molar-refractivity contribution in [1.29, 1.82) is 0 Å². The topological polar surface area (TPSA) is 49.9 Å². The summed E-state index contributed by atoms with van der Waals surface area (Å²) in [6, 6.07) is 8.09. The van der Waals surface area contributed by atoms with Crippen molar-refractivity contribution >= 4 is 5.69 Å². The minimum Gasteiger partial charge on any atom is -0.492 e. The van der Waals surface area contributed by atoms with E-state index in [9.17, 15) is 0 Å². The molecular weight excluding hydrogens is 214 g/mol. The highest BCUT2D eigenvalue weighted by molar-refractivity contribution is 5.57. The molecule has 1 heterocycles. The van der Waals surface area contributed by atoms with Gasteiger partial charge in [-0.3, -0.25) is 5.10 Å². The highest BCUT2D eigenvalue weighted by atomic mass is 16.5. The second-order valence-electron chi connectivity index (χ2n) is 3.87. The number of H-pyrrole nitrogens is 1. The summed E-state index contributed by atoms with van der Waals surface area (Å²) in [5.41, 5.74) is 3.25. The molecular formula is C13H17N3O. The summed E-state index contributed by atoms with van der Waals surface area (Å²) in [4.78, 5) is 0. The van der Waals surface area contributed by atoms with Gasteiger partial charge in [-0.1, -0.05) is 6.07 Å². The second kappa shape index (κ2) is 5.39. The van der Waals surface area contributed by atoms with E-state index in [2.05, 4.69) is 28.5 Å². The van der Waals surface area contributed by atoms with Gasteiger partial charge in [0.15, 0.2) is 0 Å². The molecule has 0 unspecified atom stereocenters. The average molecular weight is 231 g/mol. The summed E-state index contributed by atoms with van der Waals surface area (Å²) >= 11 is 0. The number of anilines is 1. The molecule has 0 spiro atoms. The Morgan fingerprint density at radius 3 is 2.94 bits per heavy atom. The minimum atomic E-state index is 0.669. The third-order valence-electron chi connectivity index (χ3n) is 2.46. The molecule has 2 rings (SSSR count). The highest BCUT2D eigenvalue weighted by Gasteiger charge is 2.03. The molecule has 0 radical (unpaired) electrons. The number of aromatic amines is 1. The van der Waals surface area contributed by atoms with E-state index in [-0.39, 0.29) is 0 Å². The van der Waals surface area contributed by atoms with Crippen LogP contribution in [0.25, 0.3) is 0 Å². The Kier molecular flexibility index (Phi) is 3.65. The van der Waals surface area contributed by atoms with Gasteiger partial charge in [-0.15, -0.1) is 0 Å². The number of aromatic nitrogens is 2. The quantitative estimate of drug-likeness (QED) is 0.831. The van der Waals surface area contributed by atoms with Crippen molar-refractivity contribution in [1.82, 2.24) is 10.2 Å². The van der Waals surface area contributed by atoms with E-state index in [0.29, 0.717) is 13.2 Å². The smallest absolute Gasteiger partial charge is 0.142 e. The van der Waals surface area contributed by atoms with Gasteiger partial charge in [0.2, 0.25) is 0 Å². The molecule has 0 amide bonds. The molecule has 4 heteroatoms. The van der Waals surface area contributed by atoms with Gasteiger partial charge < -0.3 is 10.1 Å². The first-order chi connectivity index (χ1) is 8.29. The average Bonchev–Trinajstić information content (AvgIpc) is 2.81. The van der Waals surface area contributed by atoms with E-state index in [0.717, 1.165) is 17.1 Å². The van der Waals surface area contributed by atoms with Gasteiger partial charge in [0, 0.05) is 6.20 Å². The normalized spacial score (nSPS) is 10.2. The van der Waals surface area contributed by atoms with Crippen LogP contribution in [0.5, 0.6) is 5.75 Å². The van der Waals surface area contributed by atoms with Gasteiger partial charge >= 0.3 is 0 Å². The summed E-state index contributed by atoms with van der Waals surface area (Å²) < 4.78 is 5.60. The fourth-order valence-corrected chi connectivity index (χ4v) is 1.62. The molecule has 1 aromatic carbocycles.